The van der Waals surface area contributed by atoms with Crippen LogP contribution in [0.4, 0.5) is 0 Å². The van der Waals surface area contributed by atoms with E-state index in [1.807, 2.05) is 11.5 Å². The molecule has 3 rings (SSSR count). The molecule has 0 bridgehead atoms. The number of fused-ring (bicyclic) bond motifs is 1. The first-order chi connectivity index (χ1) is 8.33. The second-order valence-corrected chi connectivity index (χ2v) is 5.87. The summed E-state index contributed by atoms with van der Waals surface area (Å²) in [4.78, 5) is 0. The molecule has 0 saturated heterocycles. The molecule has 1 unspecified atom stereocenters. The lowest BCUT2D eigenvalue weighted by Crippen LogP contribution is -2.04. The summed E-state index contributed by atoms with van der Waals surface area (Å²) in [6.07, 6.45) is 9.21. The highest BCUT2D eigenvalue weighted by Crippen LogP contribution is 2.27. The van der Waals surface area contributed by atoms with E-state index in [1.54, 1.807) is 5.57 Å². The maximum absolute atomic E-state index is 2.40. The van der Waals surface area contributed by atoms with E-state index in [4.69, 9.17) is 0 Å². The fourth-order valence-corrected chi connectivity index (χ4v) is 3.35. The van der Waals surface area contributed by atoms with Crippen molar-refractivity contribution in [2.45, 2.75) is 26.3 Å². The Morgan fingerprint density at radius 3 is 3.06 bits per heavy atom. The quantitative estimate of drug-likeness (QED) is 0.741. The van der Waals surface area contributed by atoms with Crippen LogP contribution in [0.2, 0.25) is 0 Å². The minimum Gasteiger partial charge on any atom is -0.296 e. The van der Waals surface area contributed by atoms with Gasteiger partial charge in [0.05, 0.1) is 10.2 Å². The van der Waals surface area contributed by atoms with Gasteiger partial charge in [0.25, 0.3) is 0 Å². The molecule has 17 heavy (non-hydrogen) atoms. The van der Waals surface area contributed by atoms with E-state index in [2.05, 4.69) is 53.4 Å². The monoisotopic (exact) mass is 243 g/mol. The molecule has 1 aromatic carbocycles. The molecule has 88 valence electrons. The highest BCUT2D eigenvalue weighted by molar-refractivity contribution is 7.16. The Bertz CT molecular complexity index is 571. The average Bonchev–Trinajstić information content (AvgIpc) is 2.30. The fourth-order valence-electron chi connectivity index (χ4n) is 2.40. The van der Waals surface area contributed by atoms with Gasteiger partial charge in [0, 0.05) is 6.54 Å². The lowest BCUT2D eigenvalue weighted by molar-refractivity contribution is 0.651. The van der Waals surface area contributed by atoms with E-state index in [1.165, 1.54) is 23.1 Å². The Kier molecular flexibility index (Phi) is 2.89. The topological polar surface area (TPSA) is 4.93 Å². The Morgan fingerprint density at radius 2 is 2.24 bits per heavy atom. The van der Waals surface area contributed by atoms with Gasteiger partial charge in [0.15, 0.2) is 0 Å². The lowest BCUT2D eigenvalue weighted by Gasteiger charge is -2.18. The molecule has 1 heterocycles. The summed E-state index contributed by atoms with van der Waals surface area (Å²) in [5, 5.41) is 0. The van der Waals surface area contributed by atoms with Crippen molar-refractivity contribution in [2.24, 2.45) is 5.92 Å². The SMILES string of the molecule is CC1C=CC=C(CCn2sc3ccccc32)C1. The average molecular weight is 243 g/mol. The molecule has 1 atom stereocenters. The van der Waals surface area contributed by atoms with Crippen molar-refractivity contribution < 1.29 is 0 Å². The first-order valence-corrected chi connectivity index (χ1v) is 7.01. The van der Waals surface area contributed by atoms with Gasteiger partial charge < -0.3 is 0 Å². The number of aryl methyl sites for hydroxylation is 1. The number of hydrogen-bond donors (Lipinski definition) is 0. The third-order valence-corrected chi connectivity index (χ3v) is 4.48. The lowest BCUT2D eigenvalue weighted by atomic mass is 9.94. The smallest absolute Gasteiger partial charge is 0.0695 e. The minimum atomic E-state index is 0.714. The number of benzene rings is 1. The number of nitrogens with zero attached hydrogens (tertiary/aromatic N) is 1. The molecule has 0 saturated carbocycles. The van der Waals surface area contributed by atoms with Gasteiger partial charge in [-0.15, -0.1) is 0 Å². The predicted molar refractivity (Wildman–Crippen MR) is 75.4 cm³/mol. The number of para-hydroxylation sites is 1. The fraction of sp³-hybridized carbons (Fsp3) is 0.333. The maximum Gasteiger partial charge on any atom is 0.0695 e. The number of allylic oxidation sites excluding steroid dienone is 4. The molecule has 0 radical (unpaired) electrons. The Balaban J connectivity index is 1.66. The predicted octanol–water partition coefficient (Wildman–Crippen LogP) is 4.62. The van der Waals surface area contributed by atoms with Crippen LogP contribution in [0.3, 0.4) is 0 Å². The maximum atomic E-state index is 2.40. The number of rotatable bonds is 3. The van der Waals surface area contributed by atoms with Crippen LogP contribution in [-0.4, -0.2) is 3.96 Å². The van der Waals surface area contributed by atoms with Crippen LogP contribution < -0.4 is 0 Å². The van der Waals surface area contributed by atoms with Gasteiger partial charge in [-0.3, -0.25) is 3.96 Å². The van der Waals surface area contributed by atoms with Crippen molar-refractivity contribution in [3.63, 3.8) is 0 Å². The van der Waals surface area contributed by atoms with Crippen molar-refractivity contribution in [2.75, 3.05) is 0 Å². The summed E-state index contributed by atoms with van der Waals surface area (Å²) in [5.41, 5.74) is 2.99. The number of aromatic nitrogens is 1. The standard InChI is InChI=1S/C15H17NS/c1-12-5-4-6-13(11-12)9-10-16-14-7-2-3-8-15(14)17-16/h2-8,12H,9-11H2,1H3. The zero-order valence-corrected chi connectivity index (χ0v) is 10.9. The van der Waals surface area contributed by atoms with E-state index in [-0.39, 0.29) is 0 Å². The van der Waals surface area contributed by atoms with Gasteiger partial charge >= 0.3 is 0 Å². The van der Waals surface area contributed by atoms with E-state index in [0.29, 0.717) is 5.92 Å². The molecule has 1 aliphatic rings. The molecule has 0 fully saturated rings. The second-order valence-electron chi connectivity index (χ2n) is 4.80. The zero-order chi connectivity index (χ0) is 11.7. The largest absolute Gasteiger partial charge is 0.296 e. The Hall–Kier alpha value is -1.28. The molecule has 0 spiro atoms. The zero-order valence-electron chi connectivity index (χ0n) is 10.1. The summed E-state index contributed by atoms with van der Waals surface area (Å²) in [5.74, 6) is 0.714. The summed E-state index contributed by atoms with van der Waals surface area (Å²) in [7, 11) is 0. The summed E-state index contributed by atoms with van der Waals surface area (Å²) in [6.45, 7) is 3.42. The molecule has 1 aliphatic carbocycles. The molecule has 0 aliphatic heterocycles. The normalized spacial score (nSPS) is 19.8. The third kappa shape index (κ3) is 2.22. The summed E-state index contributed by atoms with van der Waals surface area (Å²) in [6, 6.07) is 8.64. The van der Waals surface area contributed by atoms with Gasteiger partial charge in [-0.25, -0.2) is 0 Å². The van der Waals surface area contributed by atoms with Crippen LogP contribution in [0, 0.1) is 5.92 Å². The Labute approximate surface area is 106 Å². The molecule has 1 nitrogen and oxygen atoms in total. The molecule has 1 aromatic heterocycles. The first kappa shape index (κ1) is 10.8. The van der Waals surface area contributed by atoms with Crippen molar-refractivity contribution in [3.8, 4) is 0 Å². The third-order valence-electron chi connectivity index (χ3n) is 3.33. The van der Waals surface area contributed by atoms with Crippen molar-refractivity contribution in [1.82, 2.24) is 3.96 Å². The van der Waals surface area contributed by atoms with Crippen molar-refractivity contribution >= 4 is 21.7 Å². The highest BCUT2D eigenvalue weighted by atomic mass is 32.1. The van der Waals surface area contributed by atoms with Crippen LogP contribution in [0.15, 0.2) is 48.1 Å². The van der Waals surface area contributed by atoms with Crippen LogP contribution in [0.5, 0.6) is 0 Å². The van der Waals surface area contributed by atoms with E-state index in [9.17, 15) is 0 Å². The summed E-state index contributed by atoms with van der Waals surface area (Å²) >= 11 is 1.88. The van der Waals surface area contributed by atoms with Gasteiger partial charge in [-0.1, -0.05) is 54.4 Å². The molecule has 0 N–H and O–H groups in total. The van der Waals surface area contributed by atoms with E-state index in [0.717, 1.165) is 6.54 Å². The second kappa shape index (κ2) is 4.53. The van der Waals surface area contributed by atoms with Crippen molar-refractivity contribution in [3.05, 3.63) is 48.1 Å². The molecular weight excluding hydrogens is 226 g/mol. The van der Waals surface area contributed by atoms with Crippen molar-refractivity contribution in [1.29, 1.82) is 0 Å². The van der Waals surface area contributed by atoms with Gasteiger partial charge in [0.2, 0.25) is 0 Å². The van der Waals surface area contributed by atoms with E-state index >= 15 is 0 Å². The highest BCUT2D eigenvalue weighted by Gasteiger charge is 2.09. The van der Waals surface area contributed by atoms with Crippen LogP contribution >= 0.6 is 11.5 Å². The molecule has 0 amide bonds. The van der Waals surface area contributed by atoms with Crippen LogP contribution in [-0.2, 0) is 6.54 Å². The van der Waals surface area contributed by atoms with E-state index < -0.39 is 0 Å². The van der Waals surface area contributed by atoms with Gasteiger partial charge in [-0.05, 0) is 30.9 Å². The summed E-state index contributed by atoms with van der Waals surface area (Å²) < 4.78 is 3.82. The first-order valence-electron chi connectivity index (χ1n) is 6.24. The van der Waals surface area contributed by atoms with Gasteiger partial charge in [-0.2, -0.15) is 0 Å². The molecular formula is C15H17NS. The molecule has 2 heteroatoms. The Morgan fingerprint density at radius 1 is 1.35 bits per heavy atom. The minimum absolute atomic E-state index is 0.714. The van der Waals surface area contributed by atoms with Crippen LogP contribution in [0.25, 0.3) is 10.2 Å². The van der Waals surface area contributed by atoms with Crippen LogP contribution in [0.1, 0.15) is 19.8 Å². The number of hydrogen-bond acceptors (Lipinski definition) is 1. The van der Waals surface area contributed by atoms with Gasteiger partial charge in [0.1, 0.15) is 0 Å². The molecule has 2 aromatic rings.